The molecule has 2 aromatic rings. The van der Waals surface area contributed by atoms with E-state index in [-0.39, 0.29) is 5.91 Å². The summed E-state index contributed by atoms with van der Waals surface area (Å²) in [6.45, 7) is 6.32. The largest absolute Gasteiger partial charge is 0.461 e. The van der Waals surface area contributed by atoms with Crippen LogP contribution in [-0.2, 0) is 17.8 Å². The molecule has 1 aromatic carbocycles. The van der Waals surface area contributed by atoms with Gasteiger partial charge in [0, 0.05) is 43.4 Å². The topological polar surface area (TPSA) is 54.3 Å². The molecule has 1 amide bonds. The molecule has 0 aliphatic carbocycles. The van der Waals surface area contributed by atoms with E-state index < -0.39 is 0 Å². The van der Waals surface area contributed by atoms with Gasteiger partial charge in [-0.05, 0) is 12.5 Å². The van der Waals surface area contributed by atoms with Crippen LogP contribution in [0.15, 0.2) is 28.7 Å². The minimum absolute atomic E-state index is 0.108. The van der Waals surface area contributed by atoms with Crippen LogP contribution in [0.3, 0.4) is 0 Å². The van der Waals surface area contributed by atoms with Gasteiger partial charge in [0.25, 0.3) is 0 Å². The summed E-state index contributed by atoms with van der Waals surface area (Å²) in [5.41, 5.74) is 2.15. The molecule has 0 bridgehead atoms. The van der Waals surface area contributed by atoms with E-state index in [1.54, 1.807) is 0 Å². The number of benzene rings is 1. The maximum Gasteiger partial charge on any atom is 0.221 e. The molecule has 0 spiro atoms. The average Bonchev–Trinajstić information content (AvgIpc) is 2.87. The lowest BCUT2D eigenvalue weighted by molar-refractivity contribution is -0.120. The Morgan fingerprint density at radius 1 is 1.19 bits per heavy atom. The number of nitrogens with one attached hydrogen (secondary N) is 2. The highest BCUT2D eigenvalue weighted by atomic mass is 16.3. The zero-order chi connectivity index (χ0) is 15.1. The molecule has 1 heterocycles. The monoisotopic (exact) mass is 288 g/mol. The van der Waals surface area contributed by atoms with E-state index in [1.807, 2.05) is 18.2 Å². The van der Waals surface area contributed by atoms with Gasteiger partial charge >= 0.3 is 0 Å². The lowest BCUT2D eigenvalue weighted by Gasteiger charge is -2.06. The summed E-state index contributed by atoms with van der Waals surface area (Å²) in [6.07, 6.45) is 2.36. The predicted octanol–water partition coefficient (Wildman–Crippen LogP) is 3.00. The second-order valence-corrected chi connectivity index (χ2v) is 5.13. The van der Waals surface area contributed by atoms with Gasteiger partial charge in [0.05, 0.1) is 0 Å². The van der Waals surface area contributed by atoms with E-state index in [0.29, 0.717) is 13.0 Å². The first-order valence-corrected chi connectivity index (χ1v) is 7.73. The fourth-order valence-corrected chi connectivity index (χ4v) is 2.40. The molecule has 4 heteroatoms. The number of para-hydroxylation sites is 1. The van der Waals surface area contributed by atoms with Crippen LogP contribution in [0, 0.1) is 0 Å². The van der Waals surface area contributed by atoms with Crippen LogP contribution in [0.5, 0.6) is 0 Å². The Morgan fingerprint density at radius 3 is 2.76 bits per heavy atom. The van der Waals surface area contributed by atoms with Gasteiger partial charge in [0.15, 0.2) is 0 Å². The van der Waals surface area contributed by atoms with Crippen molar-refractivity contribution >= 4 is 16.9 Å². The Hall–Kier alpha value is -1.81. The lowest BCUT2D eigenvalue weighted by Crippen LogP contribution is -2.28. The lowest BCUT2D eigenvalue weighted by atomic mass is 10.1. The summed E-state index contributed by atoms with van der Waals surface area (Å²) in [7, 11) is 0. The number of carbonyl (C=O) groups is 1. The van der Waals surface area contributed by atoms with Crippen LogP contribution in [-0.4, -0.2) is 19.0 Å². The summed E-state index contributed by atoms with van der Waals surface area (Å²) < 4.78 is 5.86. The van der Waals surface area contributed by atoms with Gasteiger partial charge in [-0.15, -0.1) is 0 Å². The summed E-state index contributed by atoms with van der Waals surface area (Å²) in [5.74, 6) is 1.14. The van der Waals surface area contributed by atoms with Crippen molar-refractivity contribution in [3.05, 3.63) is 35.6 Å². The molecule has 2 rings (SSSR count). The average molecular weight is 288 g/mol. The van der Waals surface area contributed by atoms with Crippen molar-refractivity contribution in [2.75, 3.05) is 13.1 Å². The van der Waals surface area contributed by atoms with Gasteiger partial charge in [0.1, 0.15) is 11.3 Å². The van der Waals surface area contributed by atoms with Gasteiger partial charge < -0.3 is 15.1 Å². The van der Waals surface area contributed by atoms with Crippen LogP contribution in [0.25, 0.3) is 11.0 Å². The molecular formula is C17H24N2O2. The summed E-state index contributed by atoms with van der Waals surface area (Å²) in [5, 5.41) is 7.39. The summed E-state index contributed by atoms with van der Waals surface area (Å²) >= 11 is 0. The molecule has 4 nitrogen and oxygen atoms in total. The Bertz CT molecular complexity index is 589. The molecule has 0 fully saturated rings. The first kappa shape index (κ1) is 15.6. The Balaban J connectivity index is 1.90. The van der Waals surface area contributed by atoms with Crippen LogP contribution in [0.2, 0.25) is 0 Å². The molecule has 0 saturated carbocycles. The van der Waals surface area contributed by atoms with E-state index >= 15 is 0 Å². The fraction of sp³-hybridized carbons (Fsp3) is 0.471. The van der Waals surface area contributed by atoms with Crippen molar-refractivity contribution in [3.8, 4) is 0 Å². The van der Waals surface area contributed by atoms with Crippen LogP contribution in [0.1, 0.15) is 38.0 Å². The molecule has 0 radical (unpaired) electrons. The van der Waals surface area contributed by atoms with Gasteiger partial charge in [0.2, 0.25) is 5.91 Å². The molecule has 2 N–H and O–H groups in total. The molecule has 0 aliphatic rings. The SMILES string of the molecule is CCCNC(=O)CCNCc1c(CC)oc2ccccc12. The second kappa shape index (κ2) is 7.84. The number of hydrogen-bond donors (Lipinski definition) is 2. The van der Waals surface area contributed by atoms with Crippen LogP contribution < -0.4 is 10.6 Å². The fourth-order valence-electron chi connectivity index (χ4n) is 2.40. The Morgan fingerprint density at radius 2 is 2.00 bits per heavy atom. The molecule has 1 aromatic heterocycles. The number of fused-ring (bicyclic) bond motifs is 1. The standard InChI is InChI=1S/C17H24N2O2/c1-3-10-19-17(20)9-11-18-12-14-13-7-5-6-8-16(13)21-15(14)4-2/h5-8,18H,3-4,9-12H2,1-2H3,(H,19,20). The number of amides is 1. The normalized spacial score (nSPS) is 11.0. The number of carbonyl (C=O) groups excluding carboxylic acids is 1. The molecule has 0 unspecified atom stereocenters. The third kappa shape index (κ3) is 4.08. The number of aryl methyl sites for hydroxylation is 1. The summed E-state index contributed by atoms with van der Waals surface area (Å²) in [6, 6.07) is 8.10. The van der Waals surface area contributed by atoms with Crippen molar-refractivity contribution in [2.45, 2.75) is 39.7 Å². The van der Waals surface area contributed by atoms with Crippen LogP contribution >= 0.6 is 0 Å². The van der Waals surface area contributed by atoms with E-state index in [4.69, 9.17) is 4.42 Å². The van der Waals surface area contributed by atoms with Crippen molar-refractivity contribution < 1.29 is 9.21 Å². The van der Waals surface area contributed by atoms with Gasteiger partial charge in [-0.3, -0.25) is 4.79 Å². The van der Waals surface area contributed by atoms with E-state index in [9.17, 15) is 4.79 Å². The van der Waals surface area contributed by atoms with Crippen LogP contribution in [0.4, 0.5) is 0 Å². The predicted molar refractivity (Wildman–Crippen MR) is 85.2 cm³/mol. The minimum Gasteiger partial charge on any atom is -0.461 e. The third-order valence-electron chi connectivity index (χ3n) is 3.51. The molecule has 0 aliphatic heterocycles. The summed E-state index contributed by atoms with van der Waals surface area (Å²) in [4.78, 5) is 11.5. The van der Waals surface area contributed by atoms with Gasteiger partial charge in [-0.25, -0.2) is 0 Å². The Labute approximate surface area is 125 Å². The minimum atomic E-state index is 0.108. The molecular weight excluding hydrogens is 264 g/mol. The van der Waals surface area contributed by atoms with Crippen molar-refractivity contribution in [2.24, 2.45) is 0 Å². The van der Waals surface area contributed by atoms with Crippen molar-refractivity contribution in [1.29, 1.82) is 0 Å². The third-order valence-corrected chi connectivity index (χ3v) is 3.51. The van der Waals surface area contributed by atoms with Gasteiger partial charge in [-0.1, -0.05) is 32.0 Å². The smallest absolute Gasteiger partial charge is 0.221 e. The highest BCUT2D eigenvalue weighted by Crippen LogP contribution is 2.26. The zero-order valence-corrected chi connectivity index (χ0v) is 12.9. The van der Waals surface area contributed by atoms with Crippen molar-refractivity contribution in [1.82, 2.24) is 10.6 Å². The first-order valence-electron chi connectivity index (χ1n) is 7.73. The second-order valence-electron chi connectivity index (χ2n) is 5.13. The Kier molecular flexibility index (Phi) is 5.81. The highest BCUT2D eigenvalue weighted by Gasteiger charge is 2.11. The zero-order valence-electron chi connectivity index (χ0n) is 12.9. The molecule has 21 heavy (non-hydrogen) atoms. The number of hydrogen-bond acceptors (Lipinski definition) is 3. The first-order chi connectivity index (χ1) is 10.3. The van der Waals surface area contributed by atoms with E-state index in [0.717, 1.165) is 42.7 Å². The maximum atomic E-state index is 11.5. The number of rotatable bonds is 8. The molecule has 114 valence electrons. The van der Waals surface area contributed by atoms with E-state index in [1.165, 1.54) is 5.56 Å². The van der Waals surface area contributed by atoms with Gasteiger partial charge in [-0.2, -0.15) is 0 Å². The van der Waals surface area contributed by atoms with E-state index in [2.05, 4.69) is 30.5 Å². The quantitative estimate of drug-likeness (QED) is 0.734. The molecule has 0 saturated heterocycles. The molecule has 0 atom stereocenters. The highest BCUT2D eigenvalue weighted by molar-refractivity contribution is 5.82. The number of furan rings is 1. The maximum absolute atomic E-state index is 11.5. The van der Waals surface area contributed by atoms with Crippen molar-refractivity contribution in [3.63, 3.8) is 0 Å².